The molecular weight excluding hydrogens is 352 g/mol. The Hall–Kier alpha value is -1.82. The number of amides is 1. The molecule has 138 valence electrons. The van der Waals surface area contributed by atoms with Crippen LogP contribution >= 0.6 is 11.6 Å². The lowest BCUT2D eigenvalue weighted by Crippen LogP contribution is -2.49. The van der Waals surface area contributed by atoms with Crippen LogP contribution in [0.25, 0.3) is 11.3 Å². The molecule has 0 aliphatic carbocycles. The second-order valence-corrected chi connectivity index (χ2v) is 7.37. The van der Waals surface area contributed by atoms with E-state index >= 15 is 0 Å². The molecule has 1 aromatic carbocycles. The molecule has 1 aromatic heterocycles. The van der Waals surface area contributed by atoms with Gasteiger partial charge in [0.15, 0.2) is 5.76 Å². The highest BCUT2D eigenvalue weighted by atomic mass is 35.5. The van der Waals surface area contributed by atoms with E-state index in [1.165, 1.54) is 0 Å². The largest absolute Gasteiger partial charge is 0.451 e. The van der Waals surface area contributed by atoms with E-state index in [4.69, 9.17) is 20.8 Å². The molecule has 26 heavy (non-hydrogen) atoms. The number of nitrogens with zero attached hydrogens (tertiary/aromatic N) is 2. The topological polar surface area (TPSA) is 45.9 Å². The van der Waals surface area contributed by atoms with Gasteiger partial charge in [-0.25, -0.2) is 0 Å². The molecule has 5 nitrogen and oxygen atoms in total. The molecule has 0 spiro atoms. The van der Waals surface area contributed by atoms with Gasteiger partial charge in [0.25, 0.3) is 5.91 Å². The summed E-state index contributed by atoms with van der Waals surface area (Å²) in [6, 6.07) is 11.0. The molecule has 2 aliphatic heterocycles. The summed E-state index contributed by atoms with van der Waals surface area (Å²) in [5, 5.41) is 0.616. The van der Waals surface area contributed by atoms with E-state index < -0.39 is 0 Å². The molecule has 1 atom stereocenters. The van der Waals surface area contributed by atoms with Crippen molar-refractivity contribution in [1.82, 2.24) is 9.80 Å². The molecular formula is C20H23ClN2O3. The Bertz CT molecular complexity index is 762. The zero-order chi connectivity index (χ0) is 17.9. The lowest BCUT2D eigenvalue weighted by atomic mass is 10.1. The fourth-order valence-corrected chi connectivity index (χ4v) is 3.87. The zero-order valence-corrected chi connectivity index (χ0v) is 15.5. The van der Waals surface area contributed by atoms with E-state index in [1.54, 1.807) is 6.07 Å². The molecule has 1 amide bonds. The first-order valence-electron chi connectivity index (χ1n) is 9.15. The normalized spacial score (nSPS) is 21.3. The first kappa shape index (κ1) is 17.6. The minimum atomic E-state index is -0.0489. The number of carbonyl (C=O) groups excluding carboxylic acids is 1. The summed E-state index contributed by atoms with van der Waals surface area (Å²) in [4.78, 5) is 17.0. The summed E-state index contributed by atoms with van der Waals surface area (Å²) in [7, 11) is 0. The Balaban J connectivity index is 1.36. The van der Waals surface area contributed by atoms with Crippen LogP contribution in [0.2, 0.25) is 5.02 Å². The third-order valence-corrected chi connectivity index (χ3v) is 5.49. The second-order valence-electron chi connectivity index (χ2n) is 6.97. The van der Waals surface area contributed by atoms with E-state index in [1.807, 2.05) is 35.2 Å². The van der Waals surface area contributed by atoms with Crippen molar-refractivity contribution in [3.8, 4) is 11.3 Å². The molecule has 6 heteroatoms. The van der Waals surface area contributed by atoms with Crippen LogP contribution in [-0.4, -0.2) is 61.6 Å². The Kier molecular flexibility index (Phi) is 5.29. The van der Waals surface area contributed by atoms with Crippen LogP contribution in [0.1, 0.15) is 17.0 Å². The highest BCUT2D eigenvalue weighted by Crippen LogP contribution is 2.29. The molecule has 0 bridgehead atoms. The van der Waals surface area contributed by atoms with Crippen molar-refractivity contribution in [1.29, 1.82) is 0 Å². The number of benzene rings is 1. The van der Waals surface area contributed by atoms with Crippen molar-refractivity contribution in [2.24, 2.45) is 5.92 Å². The van der Waals surface area contributed by atoms with Gasteiger partial charge in [-0.05, 0) is 36.6 Å². The van der Waals surface area contributed by atoms with Crippen LogP contribution in [0.15, 0.2) is 40.8 Å². The maximum Gasteiger partial charge on any atom is 0.289 e. The highest BCUT2D eigenvalue weighted by Gasteiger charge is 2.26. The number of carbonyl (C=O) groups is 1. The van der Waals surface area contributed by atoms with Gasteiger partial charge in [-0.1, -0.05) is 23.7 Å². The van der Waals surface area contributed by atoms with Gasteiger partial charge in [0, 0.05) is 44.9 Å². The molecule has 2 saturated heterocycles. The van der Waals surface area contributed by atoms with Crippen molar-refractivity contribution in [3.63, 3.8) is 0 Å². The first-order chi connectivity index (χ1) is 12.7. The molecule has 0 unspecified atom stereocenters. The van der Waals surface area contributed by atoms with Gasteiger partial charge in [0.2, 0.25) is 0 Å². The smallest absolute Gasteiger partial charge is 0.289 e. The van der Waals surface area contributed by atoms with Crippen molar-refractivity contribution < 1.29 is 13.9 Å². The van der Waals surface area contributed by atoms with E-state index in [-0.39, 0.29) is 5.91 Å². The first-order valence-corrected chi connectivity index (χ1v) is 9.52. The van der Waals surface area contributed by atoms with Crippen LogP contribution in [0, 0.1) is 5.92 Å². The molecule has 2 aromatic rings. The van der Waals surface area contributed by atoms with Crippen molar-refractivity contribution in [3.05, 3.63) is 47.2 Å². The van der Waals surface area contributed by atoms with E-state index in [0.29, 0.717) is 22.5 Å². The summed E-state index contributed by atoms with van der Waals surface area (Å²) in [6.07, 6.45) is 1.15. The number of rotatable bonds is 4. The van der Waals surface area contributed by atoms with Crippen LogP contribution in [0.5, 0.6) is 0 Å². The Morgan fingerprint density at radius 3 is 2.65 bits per heavy atom. The van der Waals surface area contributed by atoms with Crippen molar-refractivity contribution in [2.75, 3.05) is 45.9 Å². The fraction of sp³-hybridized carbons (Fsp3) is 0.450. The molecule has 0 radical (unpaired) electrons. The predicted molar refractivity (Wildman–Crippen MR) is 100 cm³/mol. The SMILES string of the molecule is O=C(c1ccc(-c2ccccc2Cl)o1)N1CCN(C[C@H]2CCOC2)CC1. The number of halogens is 1. The summed E-state index contributed by atoms with van der Waals surface area (Å²) >= 11 is 6.21. The summed E-state index contributed by atoms with van der Waals surface area (Å²) in [6.45, 7) is 6.09. The molecule has 2 aliphatic rings. The van der Waals surface area contributed by atoms with Gasteiger partial charge >= 0.3 is 0 Å². The van der Waals surface area contributed by atoms with E-state index in [0.717, 1.165) is 57.9 Å². The minimum absolute atomic E-state index is 0.0489. The van der Waals surface area contributed by atoms with Crippen molar-refractivity contribution >= 4 is 17.5 Å². The third kappa shape index (κ3) is 3.80. The quantitative estimate of drug-likeness (QED) is 0.822. The monoisotopic (exact) mass is 374 g/mol. The van der Waals surface area contributed by atoms with Crippen LogP contribution < -0.4 is 0 Å². The maximum atomic E-state index is 12.7. The molecule has 0 saturated carbocycles. The van der Waals surface area contributed by atoms with E-state index in [2.05, 4.69) is 4.90 Å². The maximum absolute atomic E-state index is 12.7. The van der Waals surface area contributed by atoms with Gasteiger partial charge in [-0.3, -0.25) is 9.69 Å². The van der Waals surface area contributed by atoms with Gasteiger partial charge in [0.1, 0.15) is 5.76 Å². The number of hydrogen-bond donors (Lipinski definition) is 0. The number of piperazine rings is 1. The molecule has 2 fully saturated rings. The predicted octanol–water partition coefficient (Wildman–Crippen LogP) is 3.39. The Morgan fingerprint density at radius 1 is 1.12 bits per heavy atom. The lowest BCUT2D eigenvalue weighted by Gasteiger charge is -2.35. The van der Waals surface area contributed by atoms with Crippen molar-refractivity contribution in [2.45, 2.75) is 6.42 Å². The molecule has 3 heterocycles. The molecule has 4 rings (SSSR count). The standard InChI is InChI=1S/C20H23ClN2O3/c21-17-4-2-1-3-16(17)18-5-6-19(26-18)20(24)23-10-8-22(9-11-23)13-15-7-12-25-14-15/h1-6,15H,7-14H2/t15-/m1/s1. The Labute approximate surface area is 158 Å². The van der Waals surface area contributed by atoms with Gasteiger partial charge in [-0.15, -0.1) is 0 Å². The van der Waals surface area contributed by atoms with Gasteiger partial charge < -0.3 is 14.1 Å². The number of hydrogen-bond acceptors (Lipinski definition) is 4. The molecule has 0 N–H and O–H groups in total. The van der Waals surface area contributed by atoms with Crippen LogP contribution in [0.4, 0.5) is 0 Å². The van der Waals surface area contributed by atoms with E-state index in [9.17, 15) is 4.79 Å². The average molecular weight is 375 g/mol. The lowest BCUT2D eigenvalue weighted by molar-refractivity contribution is 0.0582. The minimum Gasteiger partial charge on any atom is -0.451 e. The summed E-state index contributed by atoms with van der Waals surface area (Å²) < 4.78 is 11.2. The van der Waals surface area contributed by atoms with Gasteiger partial charge in [0.05, 0.1) is 11.6 Å². The average Bonchev–Trinajstić information content (AvgIpc) is 3.34. The third-order valence-electron chi connectivity index (χ3n) is 5.16. The summed E-state index contributed by atoms with van der Waals surface area (Å²) in [5.41, 5.74) is 0.803. The van der Waals surface area contributed by atoms with Crippen LogP contribution in [0.3, 0.4) is 0 Å². The van der Waals surface area contributed by atoms with Gasteiger partial charge in [-0.2, -0.15) is 0 Å². The number of furan rings is 1. The number of ether oxygens (including phenoxy) is 1. The second kappa shape index (κ2) is 7.82. The Morgan fingerprint density at radius 2 is 1.92 bits per heavy atom. The fourth-order valence-electron chi connectivity index (χ4n) is 3.64. The van der Waals surface area contributed by atoms with Crippen LogP contribution in [-0.2, 0) is 4.74 Å². The summed E-state index contributed by atoms with van der Waals surface area (Å²) in [5.74, 6) is 1.59. The zero-order valence-electron chi connectivity index (χ0n) is 14.7. The highest BCUT2D eigenvalue weighted by molar-refractivity contribution is 6.33.